The summed E-state index contributed by atoms with van der Waals surface area (Å²) >= 11 is -8.01. The summed E-state index contributed by atoms with van der Waals surface area (Å²) in [6.07, 6.45) is 2.28. The van der Waals surface area contributed by atoms with Crippen LogP contribution in [-0.4, -0.2) is 0 Å². The Hall–Kier alpha value is -0.117. The molecule has 0 aromatic heterocycles. The zero-order chi connectivity index (χ0) is 8.86. The first-order valence-corrected chi connectivity index (χ1v) is 7.75. The van der Waals surface area contributed by atoms with Crippen molar-refractivity contribution < 1.29 is 32.9 Å². The summed E-state index contributed by atoms with van der Waals surface area (Å²) in [5, 5.41) is 0. The SMILES string of the molecule is [CH2]CCC.[O]=[Zr](=[O])(=[O])(=[O])=[O]. The fourth-order valence-corrected chi connectivity index (χ4v) is 0. The van der Waals surface area contributed by atoms with Crippen molar-refractivity contribution >= 4 is 0 Å². The summed E-state index contributed by atoms with van der Waals surface area (Å²) in [6.45, 7) is 5.72. The topological polar surface area (TPSA) is 85.3 Å². The van der Waals surface area contributed by atoms with Gasteiger partial charge in [-0.15, -0.1) is 0 Å². The summed E-state index contributed by atoms with van der Waals surface area (Å²) in [5.41, 5.74) is 0. The van der Waals surface area contributed by atoms with Gasteiger partial charge >= 0.3 is 32.9 Å². The maximum atomic E-state index is 8.67. The van der Waals surface area contributed by atoms with E-state index in [9.17, 15) is 0 Å². The first-order valence-electron chi connectivity index (χ1n) is 2.73. The van der Waals surface area contributed by atoms with Gasteiger partial charge in [0.05, 0.1) is 0 Å². The molecule has 0 fully saturated rings. The van der Waals surface area contributed by atoms with E-state index in [1.54, 1.807) is 0 Å². The second kappa shape index (κ2) is 3.91. The van der Waals surface area contributed by atoms with Gasteiger partial charge in [0.2, 0.25) is 0 Å². The molecule has 0 heterocycles. The van der Waals surface area contributed by atoms with Crippen LogP contribution in [0.2, 0.25) is 0 Å². The van der Waals surface area contributed by atoms with Crippen molar-refractivity contribution in [1.29, 1.82) is 0 Å². The Balaban J connectivity index is 0. The Labute approximate surface area is 59.8 Å². The van der Waals surface area contributed by atoms with Crippen LogP contribution in [0.1, 0.15) is 19.8 Å². The van der Waals surface area contributed by atoms with Gasteiger partial charge in [-0.3, -0.25) is 0 Å². The van der Waals surface area contributed by atoms with Crippen LogP contribution >= 0.6 is 0 Å². The summed E-state index contributed by atoms with van der Waals surface area (Å²) in [7, 11) is 0. The van der Waals surface area contributed by atoms with Crippen molar-refractivity contribution in [2.45, 2.75) is 19.8 Å². The Kier molecular flexibility index (Phi) is 4.91. The van der Waals surface area contributed by atoms with Gasteiger partial charge in [0.1, 0.15) is 0 Å². The van der Waals surface area contributed by atoms with Gasteiger partial charge in [-0.05, 0) is 0 Å². The van der Waals surface area contributed by atoms with E-state index in [4.69, 9.17) is 14.1 Å². The van der Waals surface area contributed by atoms with Crippen LogP contribution in [0, 0.1) is 6.92 Å². The van der Waals surface area contributed by atoms with E-state index in [1.165, 1.54) is 6.42 Å². The van der Waals surface area contributed by atoms with E-state index >= 15 is 0 Å². The Morgan fingerprint density at radius 3 is 1.20 bits per heavy atom. The zero-order valence-electron chi connectivity index (χ0n) is 5.66. The van der Waals surface area contributed by atoms with E-state index in [0.717, 1.165) is 6.42 Å². The molecule has 0 bridgehead atoms. The summed E-state index contributed by atoms with van der Waals surface area (Å²) in [6, 6.07) is 0. The van der Waals surface area contributed by atoms with Gasteiger partial charge in [0, 0.05) is 0 Å². The average Bonchev–Trinajstić information content (AvgIpc) is 1.59. The van der Waals surface area contributed by atoms with Gasteiger partial charge in [-0.2, -0.15) is 0 Å². The molecule has 10 heavy (non-hydrogen) atoms. The first kappa shape index (κ1) is 12.5. The van der Waals surface area contributed by atoms with Crippen LogP contribution in [-0.2, 0) is 32.9 Å². The number of hydrogen-bond donors (Lipinski definition) is 0. The molecule has 0 aliphatic rings. The maximum absolute atomic E-state index is 8.67. The van der Waals surface area contributed by atoms with Crippen LogP contribution in [0.15, 0.2) is 0 Å². The summed E-state index contributed by atoms with van der Waals surface area (Å²) in [5.74, 6) is 0. The van der Waals surface area contributed by atoms with Gasteiger partial charge in [-0.25, -0.2) is 0 Å². The quantitative estimate of drug-likeness (QED) is 0.669. The van der Waals surface area contributed by atoms with E-state index in [-0.39, 0.29) is 0 Å². The normalized spacial score (nSPS) is 6.50. The van der Waals surface area contributed by atoms with Crippen LogP contribution in [0.5, 0.6) is 0 Å². The van der Waals surface area contributed by atoms with E-state index in [0.29, 0.717) is 0 Å². The summed E-state index contributed by atoms with van der Waals surface area (Å²) < 4.78 is 43.3. The molecule has 0 spiro atoms. The minimum absolute atomic E-state index is 1.07. The average molecular weight is 228 g/mol. The molecule has 0 amide bonds. The molecule has 0 saturated carbocycles. The molecule has 0 aromatic carbocycles. The monoisotopic (exact) mass is 227 g/mol. The third kappa shape index (κ3) is 479. The van der Waals surface area contributed by atoms with Crippen molar-refractivity contribution in [2.24, 2.45) is 0 Å². The molecule has 59 valence electrons. The molecule has 0 aliphatic heterocycles. The van der Waals surface area contributed by atoms with E-state index < -0.39 is 18.8 Å². The fourth-order valence-electron chi connectivity index (χ4n) is 0. The molecule has 0 rings (SSSR count). The summed E-state index contributed by atoms with van der Waals surface area (Å²) in [4.78, 5) is 0. The molecule has 0 atom stereocenters. The second-order valence-corrected chi connectivity index (χ2v) is 5.78. The van der Waals surface area contributed by atoms with Crippen LogP contribution in [0.25, 0.3) is 0 Å². The third-order valence-electron chi connectivity index (χ3n) is 0.354. The van der Waals surface area contributed by atoms with Crippen LogP contribution in [0.3, 0.4) is 0 Å². The Morgan fingerprint density at radius 2 is 1.20 bits per heavy atom. The van der Waals surface area contributed by atoms with E-state index in [2.05, 4.69) is 13.8 Å². The molecule has 0 aliphatic carbocycles. The van der Waals surface area contributed by atoms with Gasteiger partial charge in [0.25, 0.3) is 0 Å². The van der Waals surface area contributed by atoms with Gasteiger partial charge in [0.15, 0.2) is 0 Å². The van der Waals surface area contributed by atoms with Gasteiger partial charge in [-0.1, -0.05) is 26.7 Å². The molecular weight excluding hydrogens is 219 g/mol. The molecule has 0 N–H and O–H groups in total. The van der Waals surface area contributed by atoms with Gasteiger partial charge < -0.3 is 0 Å². The minimum atomic E-state index is -8.01. The molecule has 0 aromatic rings. The van der Waals surface area contributed by atoms with Crippen molar-refractivity contribution in [3.05, 3.63) is 6.92 Å². The molecule has 5 nitrogen and oxygen atoms in total. The molecule has 6 heteroatoms. The standard InChI is InChI=1S/C4H9.5O.Zr/c1-3-4-2;;;;;;/h1,3-4H2,2H3;;;;;;. The van der Waals surface area contributed by atoms with Crippen molar-refractivity contribution in [1.82, 2.24) is 0 Å². The van der Waals surface area contributed by atoms with Crippen molar-refractivity contribution in [3.63, 3.8) is 0 Å². The predicted molar refractivity (Wildman–Crippen MR) is 23.7 cm³/mol. The molecule has 0 saturated heterocycles. The van der Waals surface area contributed by atoms with Crippen molar-refractivity contribution in [3.8, 4) is 0 Å². The molecule has 0 unspecified atom stereocenters. The predicted octanol–water partition coefficient (Wildman–Crippen LogP) is 1.02. The van der Waals surface area contributed by atoms with Crippen LogP contribution < -0.4 is 0 Å². The number of rotatable bonds is 1. The number of unbranched alkanes of at least 4 members (excludes halogenated alkanes) is 1. The fraction of sp³-hybridized carbons (Fsp3) is 0.750. The van der Waals surface area contributed by atoms with E-state index in [1.807, 2.05) is 0 Å². The van der Waals surface area contributed by atoms with Crippen molar-refractivity contribution in [2.75, 3.05) is 0 Å². The zero-order valence-corrected chi connectivity index (χ0v) is 8.12. The molecular formula is C4H9O5Zr. The van der Waals surface area contributed by atoms with Crippen LogP contribution in [0.4, 0.5) is 0 Å². The number of hydrogen-bond acceptors (Lipinski definition) is 5. The first-order chi connectivity index (χ1) is 4.15. The Bertz CT molecular complexity index is 309. The Morgan fingerprint density at radius 1 is 1.10 bits per heavy atom. The molecule has 1 radical (unpaired) electrons. The third-order valence-corrected chi connectivity index (χ3v) is 0.354. The second-order valence-electron chi connectivity index (χ2n) is 1.69.